The molecule has 0 aliphatic heterocycles. The number of unbranched alkanes of at least 4 members (excludes halogenated alkanes) is 4. The number of aromatic nitrogens is 1. The van der Waals surface area contributed by atoms with Gasteiger partial charge in [-0.3, -0.25) is 10.4 Å². The highest BCUT2D eigenvalue weighted by molar-refractivity contribution is 6.31. The Morgan fingerprint density at radius 3 is 2.61 bits per heavy atom. The highest BCUT2D eigenvalue weighted by Crippen LogP contribution is 2.25. The molecule has 0 bridgehead atoms. The zero-order chi connectivity index (χ0) is 19.8. The molecule has 2 N–H and O–H groups in total. The molecule has 3 aromatic rings. The summed E-state index contributed by atoms with van der Waals surface area (Å²) in [5, 5.41) is 15.9. The topological polar surface area (TPSA) is 57.5 Å². The van der Waals surface area contributed by atoms with Gasteiger partial charge < -0.3 is 5.11 Å². The lowest BCUT2D eigenvalue weighted by Crippen LogP contribution is -2.05. The zero-order valence-corrected chi connectivity index (χ0v) is 16.9. The average Bonchev–Trinajstić information content (AvgIpc) is 2.70. The summed E-state index contributed by atoms with van der Waals surface area (Å²) in [7, 11) is 0. The molecule has 0 spiro atoms. The summed E-state index contributed by atoms with van der Waals surface area (Å²) in [6, 6.07) is 14.8. The Kier molecular flexibility index (Phi) is 7.26. The second-order valence-corrected chi connectivity index (χ2v) is 7.34. The van der Waals surface area contributed by atoms with Gasteiger partial charge in [-0.15, -0.1) is 0 Å². The highest BCUT2D eigenvalue weighted by atomic mass is 35.5. The average molecular weight is 396 g/mol. The Morgan fingerprint density at radius 1 is 1.04 bits per heavy atom. The van der Waals surface area contributed by atoms with Crippen molar-refractivity contribution in [3.63, 3.8) is 0 Å². The molecular weight excluding hydrogens is 370 g/mol. The van der Waals surface area contributed by atoms with E-state index in [1.807, 2.05) is 36.4 Å². The molecule has 0 saturated carbocycles. The number of nitrogens with zero attached hydrogens (tertiary/aromatic N) is 2. The number of aromatic hydroxyl groups is 1. The van der Waals surface area contributed by atoms with Gasteiger partial charge in [-0.2, -0.15) is 5.10 Å². The van der Waals surface area contributed by atoms with Crippen molar-refractivity contribution in [2.45, 2.75) is 45.4 Å². The Morgan fingerprint density at radius 2 is 1.82 bits per heavy atom. The van der Waals surface area contributed by atoms with Crippen molar-refractivity contribution in [3.05, 3.63) is 65.3 Å². The van der Waals surface area contributed by atoms with Crippen LogP contribution in [0.3, 0.4) is 0 Å². The first-order valence-corrected chi connectivity index (χ1v) is 10.2. The Hall–Kier alpha value is -2.59. The maximum absolute atomic E-state index is 9.59. The fraction of sp³-hybridized carbons (Fsp3) is 0.304. The van der Waals surface area contributed by atoms with Gasteiger partial charge in [0.1, 0.15) is 5.75 Å². The molecule has 3 rings (SSSR count). The molecule has 4 nitrogen and oxygen atoms in total. The molecule has 5 heteroatoms. The molecule has 0 aliphatic carbocycles. The normalized spacial score (nSPS) is 11.7. The van der Waals surface area contributed by atoms with Crippen molar-refractivity contribution < 1.29 is 5.11 Å². The van der Waals surface area contributed by atoms with Gasteiger partial charge >= 0.3 is 0 Å². The lowest BCUT2D eigenvalue weighted by atomic mass is 10.0. The molecule has 2 aromatic carbocycles. The fourth-order valence-electron chi connectivity index (χ4n) is 3.16. The number of hydrazone groups is 1. The van der Waals surface area contributed by atoms with Gasteiger partial charge in [-0.05, 0) is 66.9 Å². The fourth-order valence-corrected chi connectivity index (χ4v) is 3.33. The highest BCUT2D eigenvalue weighted by Gasteiger charge is 2.07. The van der Waals surface area contributed by atoms with E-state index in [1.54, 1.807) is 18.3 Å². The summed E-state index contributed by atoms with van der Waals surface area (Å²) >= 11 is 6.08. The van der Waals surface area contributed by atoms with E-state index in [0.717, 1.165) is 40.7 Å². The van der Waals surface area contributed by atoms with Crippen LogP contribution in [0.4, 0.5) is 5.69 Å². The Balaban J connectivity index is 1.81. The number of hydrogen-bond acceptors (Lipinski definition) is 4. The third kappa shape index (κ3) is 5.46. The summed E-state index contributed by atoms with van der Waals surface area (Å²) in [6.45, 7) is 2.22. The van der Waals surface area contributed by atoms with E-state index in [9.17, 15) is 5.11 Å². The van der Waals surface area contributed by atoms with Crippen LogP contribution in [0.15, 0.2) is 59.8 Å². The number of rotatable bonds is 9. The van der Waals surface area contributed by atoms with E-state index in [0.29, 0.717) is 5.02 Å². The predicted molar refractivity (Wildman–Crippen MR) is 118 cm³/mol. The molecule has 0 fully saturated rings. The van der Waals surface area contributed by atoms with Crippen molar-refractivity contribution in [1.29, 1.82) is 0 Å². The van der Waals surface area contributed by atoms with E-state index >= 15 is 0 Å². The van der Waals surface area contributed by atoms with Gasteiger partial charge in [0.25, 0.3) is 0 Å². The second-order valence-electron chi connectivity index (χ2n) is 6.90. The predicted octanol–water partition coefficient (Wildman–Crippen LogP) is 6.77. The molecule has 1 heterocycles. The molecule has 0 unspecified atom stereocenters. The van der Waals surface area contributed by atoms with Gasteiger partial charge in [0.05, 0.1) is 16.9 Å². The molecule has 146 valence electrons. The van der Waals surface area contributed by atoms with Crippen LogP contribution in [0.25, 0.3) is 10.9 Å². The van der Waals surface area contributed by atoms with Crippen molar-refractivity contribution in [3.8, 4) is 5.75 Å². The summed E-state index contributed by atoms with van der Waals surface area (Å²) in [6.07, 6.45) is 8.69. The molecule has 0 radical (unpaired) electrons. The maximum atomic E-state index is 9.59. The molecular formula is C23H26ClN3O. The van der Waals surface area contributed by atoms with Gasteiger partial charge in [-0.25, -0.2) is 0 Å². The first-order chi connectivity index (χ1) is 13.7. The van der Waals surface area contributed by atoms with Crippen LogP contribution in [0.1, 0.15) is 51.0 Å². The van der Waals surface area contributed by atoms with Crippen LogP contribution in [0, 0.1) is 0 Å². The Labute approximate surface area is 171 Å². The number of pyridine rings is 1. The molecule has 28 heavy (non-hydrogen) atoms. The third-order valence-electron chi connectivity index (χ3n) is 4.73. The van der Waals surface area contributed by atoms with Crippen molar-refractivity contribution in [2.75, 3.05) is 5.43 Å². The summed E-state index contributed by atoms with van der Waals surface area (Å²) in [4.78, 5) is 4.38. The van der Waals surface area contributed by atoms with Crippen molar-refractivity contribution in [1.82, 2.24) is 4.98 Å². The minimum Gasteiger partial charge on any atom is -0.508 e. The number of nitrogens with one attached hydrogen (secondary N) is 1. The first kappa shape index (κ1) is 20.2. The number of anilines is 1. The van der Waals surface area contributed by atoms with E-state index < -0.39 is 0 Å². The molecule has 1 aromatic heterocycles. The van der Waals surface area contributed by atoms with Crippen LogP contribution in [0.5, 0.6) is 5.75 Å². The zero-order valence-electron chi connectivity index (χ0n) is 16.2. The summed E-state index contributed by atoms with van der Waals surface area (Å²) in [5.41, 5.74) is 6.94. The summed E-state index contributed by atoms with van der Waals surface area (Å²) < 4.78 is 0. The van der Waals surface area contributed by atoms with Crippen LogP contribution < -0.4 is 5.43 Å². The number of fused-ring (bicyclic) bond motifs is 1. The lowest BCUT2D eigenvalue weighted by Gasteiger charge is -2.10. The van der Waals surface area contributed by atoms with E-state index in [2.05, 4.69) is 17.3 Å². The summed E-state index contributed by atoms with van der Waals surface area (Å²) in [5.74, 6) is 0.260. The molecule has 0 atom stereocenters. The van der Waals surface area contributed by atoms with Crippen LogP contribution in [-0.2, 0) is 0 Å². The van der Waals surface area contributed by atoms with Crippen molar-refractivity contribution >= 4 is 33.9 Å². The molecule has 0 amide bonds. The standard InChI is InChI=1S/C23H26ClN3O/c1-2-3-4-5-6-7-21(17-8-11-19(28)12-9-17)26-27-22-14-15-25-23-16-18(24)10-13-20(22)23/h8-16,28H,2-7H2,1H3,(H,25,27). The number of phenolic OH excluding ortho intramolecular Hbond substituents is 1. The number of phenols is 1. The van der Waals surface area contributed by atoms with Crippen molar-refractivity contribution in [2.24, 2.45) is 5.10 Å². The van der Waals surface area contributed by atoms with Crippen LogP contribution in [-0.4, -0.2) is 15.8 Å². The van der Waals surface area contributed by atoms with Gasteiger partial charge in [0, 0.05) is 16.6 Å². The van der Waals surface area contributed by atoms with Gasteiger partial charge in [0.15, 0.2) is 0 Å². The monoisotopic (exact) mass is 395 g/mol. The van der Waals surface area contributed by atoms with Gasteiger partial charge in [0.2, 0.25) is 0 Å². The minimum absolute atomic E-state index is 0.260. The number of benzene rings is 2. The SMILES string of the molecule is CCCCCCCC(=NNc1ccnc2cc(Cl)ccc12)c1ccc(O)cc1. The minimum atomic E-state index is 0.260. The second kappa shape index (κ2) is 10.1. The van der Waals surface area contributed by atoms with E-state index in [1.165, 1.54) is 25.7 Å². The van der Waals surface area contributed by atoms with Gasteiger partial charge in [-0.1, -0.05) is 44.2 Å². The van der Waals surface area contributed by atoms with E-state index in [4.69, 9.17) is 16.7 Å². The molecule has 0 aliphatic rings. The lowest BCUT2D eigenvalue weighted by molar-refractivity contribution is 0.475. The molecule has 0 saturated heterocycles. The Bertz CT molecular complexity index is 938. The quantitative estimate of drug-likeness (QED) is 0.239. The maximum Gasteiger partial charge on any atom is 0.115 e. The third-order valence-corrected chi connectivity index (χ3v) is 4.97. The number of halogens is 1. The number of hydrogen-bond donors (Lipinski definition) is 2. The van der Waals surface area contributed by atoms with Crippen LogP contribution in [0.2, 0.25) is 5.02 Å². The van der Waals surface area contributed by atoms with E-state index in [-0.39, 0.29) is 5.75 Å². The first-order valence-electron chi connectivity index (χ1n) is 9.83. The smallest absolute Gasteiger partial charge is 0.115 e. The van der Waals surface area contributed by atoms with Crippen LogP contribution >= 0.6 is 11.6 Å². The largest absolute Gasteiger partial charge is 0.508 e.